The monoisotopic (exact) mass is 266 g/mol. The highest BCUT2D eigenvalue weighted by Crippen LogP contribution is 2.24. The van der Waals surface area contributed by atoms with Crippen LogP contribution in [0.3, 0.4) is 0 Å². The zero-order chi connectivity index (χ0) is 13.9. The van der Waals surface area contributed by atoms with Crippen LogP contribution in [0.1, 0.15) is 17.4 Å². The molecule has 5 heteroatoms. The molecule has 2 aromatic heterocycles. The summed E-state index contributed by atoms with van der Waals surface area (Å²) in [4.78, 5) is 12.9. The van der Waals surface area contributed by atoms with Gasteiger partial charge in [0.2, 0.25) is 5.88 Å². The lowest BCUT2D eigenvalue weighted by Gasteiger charge is -2.13. The van der Waals surface area contributed by atoms with Gasteiger partial charge in [0.05, 0.1) is 24.4 Å². The average molecular weight is 266 g/mol. The van der Waals surface area contributed by atoms with Gasteiger partial charge in [0, 0.05) is 17.8 Å². The summed E-state index contributed by atoms with van der Waals surface area (Å²) in [5.74, 6) is 0.426. The quantitative estimate of drug-likeness (QED) is 0.785. The highest BCUT2D eigenvalue weighted by Gasteiger charge is 2.17. The van der Waals surface area contributed by atoms with Crippen molar-refractivity contribution in [3.05, 3.63) is 60.2 Å². The van der Waals surface area contributed by atoms with Crippen molar-refractivity contribution in [3.63, 3.8) is 0 Å². The Hall–Kier alpha value is -2.53. The van der Waals surface area contributed by atoms with E-state index in [0.29, 0.717) is 11.6 Å². The lowest BCUT2D eigenvalue weighted by atomic mass is 10.1. The Morgan fingerprint density at radius 1 is 1.05 bits per heavy atom. The van der Waals surface area contributed by atoms with Crippen molar-refractivity contribution in [3.8, 4) is 5.88 Å². The molecule has 2 heterocycles. The van der Waals surface area contributed by atoms with Crippen LogP contribution in [0, 0.1) is 0 Å². The molecule has 0 saturated carbocycles. The molecular formula is C15H14N4O. The number of aromatic nitrogens is 3. The lowest BCUT2D eigenvalue weighted by molar-refractivity contribution is 0.386. The Kier molecular flexibility index (Phi) is 3.26. The van der Waals surface area contributed by atoms with Crippen molar-refractivity contribution >= 4 is 10.9 Å². The number of methoxy groups -OCH3 is 1. The first-order chi connectivity index (χ1) is 9.79. The molecule has 1 unspecified atom stereocenters. The van der Waals surface area contributed by atoms with E-state index in [1.807, 2.05) is 36.4 Å². The molecule has 0 aliphatic carbocycles. The third kappa shape index (κ3) is 2.19. The van der Waals surface area contributed by atoms with Crippen LogP contribution in [0.5, 0.6) is 5.88 Å². The first-order valence-electron chi connectivity index (χ1n) is 6.26. The molecule has 3 aromatic rings. The van der Waals surface area contributed by atoms with Gasteiger partial charge >= 0.3 is 0 Å². The van der Waals surface area contributed by atoms with E-state index >= 15 is 0 Å². The molecule has 1 aromatic carbocycles. The summed E-state index contributed by atoms with van der Waals surface area (Å²) in [6.07, 6.45) is 3.17. The van der Waals surface area contributed by atoms with Crippen LogP contribution >= 0.6 is 0 Å². The summed E-state index contributed by atoms with van der Waals surface area (Å²) in [6, 6.07) is 11.3. The first kappa shape index (κ1) is 12.5. The second-order valence-corrected chi connectivity index (χ2v) is 4.36. The van der Waals surface area contributed by atoms with E-state index in [0.717, 1.165) is 16.6 Å². The third-order valence-corrected chi connectivity index (χ3v) is 3.12. The van der Waals surface area contributed by atoms with Gasteiger partial charge in [-0.1, -0.05) is 24.3 Å². The Balaban J connectivity index is 2.05. The van der Waals surface area contributed by atoms with Gasteiger partial charge < -0.3 is 10.5 Å². The largest absolute Gasteiger partial charge is 0.480 e. The van der Waals surface area contributed by atoms with E-state index in [1.165, 1.54) is 0 Å². The predicted molar refractivity (Wildman–Crippen MR) is 76.4 cm³/mol. The summed E-state index contributed by atoms with van der Waals surface area (Å²) in [5, 5.41) is 1.08. The maximum atomic E-state index is 6.24. The van der Waals surface area contributed by atoms with Gasteiger partial charge in [-0.3, -0.25) is 9.97 Å². The van der Waals surface area contributed by atoms with E-state index in [2.05, 4.69) is 15.0 Å². The van der Waals surface area contributed by atoms with Crippen LogP contribution in [0.2, 0.25) is 0 Å². The lowest BCUT2D eigenvalue weighted by Crippen LogP contribution is -2.16. The maximum absolute atomic E-state index is 6.24. The zero-order valence-corrected chi connectivity index (χ0v) is 11.0. The number of rotatable bonds is 3. The molecule has 0 aliphatic rings. The minimum Gasteiger partial charge on any atom is -0.480 e. The van der Waals surface area contributed by atoms with Gasteiger partial charge in [-0.05, 0) is 12.1 Å². The Morgan fingerprint density at radius 3 is 2.70 bits per heavy atom. The van der Waals surface area contributed by atoms with E-state index in [9.17, 15) is 0 Å². The smallest absolute Gasteiger partial charge is 0.237 e. The van der Waals surface area contributed by atoms with Crippen LogP contribution in [-0.4, -0.2) is 22.1 Å². The fraction of sp³-hybridized carbons (Fsp3) is 0.133. The highest BCUT2D eigenvalue weighted by atomic mass is 16.5. The number of hydrogen-bond donors (Lipinski definition) is 1. The summed E-state index contributed by atoms with van der Waals surface area (Å²) in [6.45, 7) is 0. The summed E-state index contributed by atoms with van der Waals surface area (Å²) in [5.41, 5.74) is 8.46. The first-order valence-corrected chi connectivity index (χ1v) is 6.26. The second kappa shape index (κ2) is 5.22. The molecule has 0 radical (unpaired) electrons. The number of nitrogens with zero attached hydrogens (tertiary/aromatic N) is 3. The number of benzene rings is 1. The number of pyridine rings is 1. The van der Waals surface area contributed by atoms with Crippen molar-refractivity contribution in [2.45, 2.75) is 6.04 Å². The molecule has 3 rings (SSSR count). The Bertz CT molecular complexity index is 745. The van der Waals surface area contributed by atoms with Crippen LogP contribution in [-0.2, 0) is 0 Å². The number of hydrogen-bond acceptors (Lipinski definition) is 5. The topological polar surface area (TPSA) is 73.9 Å². The van der Waals surface area contributed by atoms with Gasteiger partial charge in [-0.25, -0.2) is 4.98 Å². The van der Waals surface area contributed by atoms with Gasteiger partial charge in [0.1, 0.15) is 5.69 Å². The van der Waals surface area contributed by atoms with E-state index in [4.69, 9.17) is 10.5 Å². The van der Waals surface area contributed by atoms with Crippen LogP contribution in [0.15, 0.2) is 48.8 Å². The molecule has 0 fully saturated rings. The molecule has 0 bridgehead atoms. The summed E-state index contributed by atoms with van der Waals surface area (Å²) < 4.78 is 5.19. The molecule has 0 aliphatic heterocycles. The van der Waals surface area contributed by atoms with E-state index in [-0.39, 0.29) is 0 Å². The normalized spacial score (nSPS) is 12.3. The number of fused-ring (bicyclic) bond motifs is 1. The van der Waals surface area contributed by atoms with Crippen LogP contribution in [0.4, 0.5) is 0 Å². The second-order valence-electron chi connectivity index (χ2n) is 4.36. The van der Waals surface area contributed by atoms with Crippen molar-refractivity contribution in [2.75, 3.05) is 7.11 Å². The van der Waals surface area contributed by atoms with Gasteiger partial charge in [0.15, 0.2) is 0 Å². The van der Waals surface area contributed by atoms with Gasteiger partial charge in [-0.15, -0.1) is 0 Å². The van der Waals surface area contributed by atoms with Crippen molar-refractivity contribution in [1.29, 1.82) is 0 Å². The molecule has 0 saturated heterocycles. The number of ether oxygens (including phenoxy) is 1. The zero-order valence-electron chi connectivity index (χ0n) is 11.0. The van der Waals surface area contributed by atoms with E-state index < -0.39 is 6.04 Å². The SMILES string of the molecule is COc1nccnc1C(N)c1ccc2ccccc2n1. The fourth-order valence-electron chi connectivity index (χ4n) is 2.10. The highest BCUT2D eigenvalue weighted by molar-refractivity contribution is 5.78. The fourth-order valence-corrected chi connectivity index (χ4v) is 2.10. The molecule has 5 nitrogen and oxygen atoms in total. The minimum atomic E-state index is -0.469. The molecule has 20 heavy (non-hydrogen) atoms. The summed E-state index contributed by atoms with van der Waals surface area (Å²) >= 11 is 0. The summed E-state index contributed by atoms with van der Waals surface area (Å²) in [7, 11) is 1.55. The van der Waals surface area contributed by atoms with E-state index in [1.54, 1.807) is 19.5 Å². The van der Waals surface area contributed by atoms with Crippen molar-refractivity contribution in [2.24, 2.45) is 5.73 Å². The number of nitrogens with two attached hydrogens (primary N) is 1. The maximum Gasteiger partial charge on any atom is 0.237 e. The van der Waals surface area contributed by atoms with Crippen molar-refractivity contribution < 1.29 is 4.74 Å². The third-order valence-electron chi connectivity index (χ3n) is 3.12. The molecular weight excluding hydrogens is 252 g/mol. The average Bonchev–Trinajstić information content (AvgIpc) is 2.53. The standard InChI is InChI=1S/C15H14N4O/c1-20-15-14(17-8-9-18-15)13(16)12-7-6-10-4-2-3-5-11(10)19-12/h2-9,13H,16H2,1H3. The molecule has 0 amide bonds. The van der Waals surface area contributed by atoms with Gasteiger partial charge in [0.25, 0.3) is 0 Å². The Labute approximate surface area is 116 Å². The van der Waals surface area contributed by atoms with Crippen LogP contribution in [0.25, 0.3) is 10.9 Å². The molecule has 100 valence electrons. The molecule has 0 spiro atoms. The number of para-hydroxylation sites is 1. The van der Waals surface area contributed by atoms with Crippen LogP contribution < -0.4 is 10.5 Å². The Morgan fingerprint density at radius 2 is 1.85 bits per heavy atom. The van der Waals surface area contributed by atoms with Crippen molar-refractivity contribution in [1.82, 2.24) is 15.0 Å². The minimum absolute atomic E-state index is 0.426. The van der Waals surface area contributed by atoms with Gasteiger partial charge in [-0.2, -0.15) is 0 Å². The molecule has 2 N–H and O–H groups in total. The predicted octanol–water partition coefficient (Wildman–Crippen LogP) is 2.08. The molecule has 1 atom stereocenters.